The van der Waals surface area contributed by atoms with Crippen LogP contribution in [0.1, 0.15) is 79.1 Å². The van der Waals surface area contributed by atoms with Gasteiger partial charge in [-0.25, -0.2) is 14.4 Å². The van der Waals surface area contributed by atoms with Crippen LogP contribution in [0, 0.1) is 11.3 Å². The van der Waals surface area contributed by atoms with Gasteiger partial charge < -0.3 is 42.0 Å². The molecular formula is C32H34O13. The maximum absolute atomic E-state index is 13.4. The summed E-state index contributed by atoms with van der Waals surface area (Å²) in [5.41, 5.74) is -6.59. The lowest BCUT2D eigenvalue weighted by Crippen LogP contribution is -2.81. The molecular weight excluding hydrogens is 592 g/mol. The monoisotopic (exact) mass is 626 g/mol. The lowest BCUT2D eigenvalue weighted by atomic mass is 9.47. The van der Waals surface area contributed by atoms with Gasteiger partial charge in [0.25, 0.3) is 0 Å². The molecule has 1 saturated heterocycles. The second-order valence-electron chi connectivity index (χ2n) is 12.7. The van der Waals surface area contributed by atoms with E-state index >= 15 is 0 Å². The van der Waals surface area contributed by atoms with Crippen LogP contribution in [0.15, 0.2) is 68.4 Å². The number of hydrogen-bond acceptors (Lipinski definition) is 13. The van der Waals surface area contributed by atoms with Crippen molar-refractivity contribution in [2.45, 2.75) is 88.7 Å². The van der Waals surface area contributed by atoms with Crippen LogP contribution in [-0.4, -0.2) is 70.2 Å². The summed E-state index contributed by atoms with van der Waals surface area (Å²) in [5.74, 6) is -4.15. The van der Waals surface area contributed by atoms with Crippen molar-refractivity contribution in [3.8, 4) is 0 Å². The summed E-state index contributed by atoms with van der Waals surface area (Å²) in [6.07, 6.45) is -1.29. The Morgan fingerprint density at radius 1 is 0.756 bits per heavy atom. The van der Waals surface area contributed by atoms with Crippen LogP contribution in [0.3, 0.4) is 0 Å². The summed E-state index contributed by atoms with van der Waals surface area (Å²) >= 11 is 0. The van der Waals surface area contributed by atoms with Gasteiger partial charge in [0.05, 0.1) is 35.4 Å². The van der Waals surface area contributed by atoms with Crippen LogP contribution in [-0.2, 0) is 28.5 Å². The number of aliphatic hydroxyl groups is 1. The summed E-state index contributed by atoms with van der Waals surface area (Å²) in [7, 11) is 0. The maximum atomic E-state index is 13.4. The van der Waals surface area contributed by atoms with Crippen molar-refractivity contribution in [1.82, 2.24) is 0 Å². The molecule has 2 bridgehead atoms. The first-order valence-electron chi connectivity index (χ1n) is 14.5. The molecule has 1 aliphatic heterocycles. The van der Waals surface area contributed by atoms with Crippen LogP contribution in [0.2, 0.25) is 0 Å². The number of ether oxygens (including phenoxy) is 5. The summed E-state index contributed by atoms with van der Waals surface area (Å²) in [5, 5.41) is 12.5. The highest BCUT2D eigenvalue weighted by atomic mass is 16.6. The Kier molecular flexibility index (Phi) is 7.24. The summed E-state index contributed by atoms with van der Waals surface area (Å²) in [4.78, 5) is 52.6. The molecule has 2 aliphatic carbocycles. The van der Waals surface area contributed by atoms with Gasteiger partial charge in [0, 0.05) is 19.3 Å². The van der Waals surface area contributed by atoms with Crippen molar-refractivity contribution in [3.63, 3.8) is 0 Å². The number of carbonyl (C=O) groups is 4. The summed E-state index contributed by atoms with van der Waals surface area (Å²) in [6, 6.07) is 8.84. The Balaban J connectivity index is 1.51. The predicted octanol–water partition coefficient (Wildman–Crippen LogP) is 4.10. The first-order valence-corrected chi connectivity index (χ1v) is 14.5. The van der Waals surface area contributed by atoms with E-state index in [0.29, 0.717) is 0 Å². The molecule has 6 rings (SSSR count). The first kappa shape index (κ1) is 30.7. The number of hydrogen-bond donors (Lipinski definition) is 1. The number of fused-ring (bicyclic) bond motifs is 1. The summed E-state index contributed by atoms with van der Waals surface area (Å²) in [6.45, 7) is 7.80. The maximum Gasteiger partial charge on any atom is 0.374 e. The van der Waals surface area contributed by atoms with Crippen molar-refractivity contribution < 1.29 is 61.2 Å². The topological polar surface area (TPSA) is 174 Å². The minimum atomic E-state index is -1.94. The van der Waals surface area contributed by atoms with E-state index in [1.807, 2.05) is 0 Å². The third-order valence-electron chi connectivity index (χ3n) is 9.55. The van der Waals surface area contributed by atoms with Gasteiger partial charge in [-0.15, -0.1) is 0 Å². The Labute approximate surface area is 257 Å². The highest BCUT2D eigenvalue weighted by molar-refractivity contribution is 5.87. The molecule has 3 aromatic rings. The van der Waals surface area contributed by atoms with Crippen LogP contribution in [0.5, 0.6) is 0 Å². The van der Waals surface area contributed by atoms with Gasteiger partial charge in [0.1, 0.15) is 23.9 Å². The van der Waals surface area contributed by atoms with E-state index in [1.165, 1.54) is 69.0 Å². The third-order valence-corrected chi connectivity index (χ3v) is 9.55. The van der Waals surface area contributed by atoms with Crippen LogP contribution < -0.4 is 0 Å². The molecule has 0 amide bonds. The average molecular weight is 627 g/mol. The number of rotatable bonds is 7. The normalized spacial score (nSPS) is 34.8. The molecule has 0 aromatic carbocycles. The van der Waals surface area contributed by atoms with Crippen molar-refractivity contribution in [1.29, 1.82) is 0 Å². The fraction of sp³-hybridized carbons (Fsp3) is 0.500. The number of carbonyl (C=O) groups excluding carboxylic acids is 4. The third kappa shape index (κ3) is 4.67. The van der Waals surface area contributed by atoms with Crippen molar-refractivity contribution in [2.24, 2.45) is 11.3 Å². The van der Waals surface area contributed by atoms with Crippen LogP contribution >= 0.6 is 0 Å². The number of furan rings is 3. The molecule has 13 heteroatoms. The quantitative estimate of drug-likeness (QED) is 0.293. The van der Waals surface area contributed by atoms with Gasteiger partial charge in [-0.2, -0.15) is 0 Å². The van der Waals surface area contributed by atoms with Gasteiger partial charge in [-0.3, -0.25) is 4.79 Å². The van der Waals surface area contributed by atoms with E-state index in [0.717, 1.165) is 0 Å². The average Bonchev–Trinajstić information content (AvgIpc) is 3.77. The molecule has 4 heterocycles. The Hall–Kier alpha value is -4.36. The Morgan fingerprint density at radius 3 is 1.76 bits per heavy atom. The van der Waals surface area contributed by atoms with Gasteiger partial charge in [0.2, 0.25) is 17.3 Å². The van der Waals surface area contributed by atoms with Gasteiger partial charge >= 0.3 is 23.9 Å². The Bertz CT molecular complexity index is 1570. The van der Waals surface area contributed by atoms with Crippen molar-refractivity contribution in [3.05, 3.63) is 72.5 Å². The van der Waals surface area contributed by atoms with E-state index in [9.17, 15) is 24.3 Å². The SMILES string of the molecule is CC(=O)O[C@H]1[C@@H](OC(=O)c2ccco2)C[C@](C)(O)[C@]23OC(C)(C)[C@H](C[C@H](OC(=O)c4ccco4)[C@]12C)[C@@H]3OC(=O)c1ccco1. The van der Waals surface area contributed by atoms with Crippen molar-refractivity contribution >= 4 is 23.9 Å². The highest BCUT2D eigenvalue weighted by Crippen LogP contribution is 2.69. The molecule has 3 aromatic heterocycles. The zero-order valence-electron chi connectivity index (χ0n) is 25.3. The van der Waals surface area contributed by atoms with Crippen molar-refractivity contribution in [2.75, 3.05) is 0 Å². The molecule has 240 valence electrons. The molecule has 2 saturated carbocycles. The van der Waals surface area contributed by atoms with Crippen LogP contribution in [0.4, 0.5) is 0 Å². The molecule has 8 atom stereocenters. The number of esters is 4. The standard InChI is InChI=1S/C32H34O13/c1-17(33)41-25-22(42-26(34)19-9-6-12-38-19)16-30(4,37)32-24(44-28(36)21-11-8-14-40-21)18(29(2,3)45-32)15-23(31(25,32)5)43-27(35)20-10-7-13-39-20/h6-14,18,22-25,37H,15-16H2,1-5H3/t18-,22+,23+,24+,25+,30+,31-,32+/m1/s1. The molecule has 3 fully saturated rings. The van der Waals surface area contributed by atoms with Gasteiger partial charge in [-0.05, 0) is 70.5 Å². The minimum absolute atomic E-state index is 0.0422. The molecule has 3 aliphatic rings. The van der Waals surface area contributed by atoms with E-state index in [4.69, 9.17) is 36.9 Å². The van der Waals surface area contributed by atoms with E-state index in [2.05, 4.69) is 0 Å². The van der Waals surface area contributed by atoms with E-state index in [1.54, 1.807) is 20.8 Å². The Morgan fingerprint density at radius 2 is 1.27 bits per heavy atom. The van der Waals surface area contributed by atoms with Gasteiger partial charge in [-0.1, -0.05) is 0 Å². The molecule has 1 N–H and O–H groups in total. The highest BCUT2D eigenvalue weighted by Gasteiger charge is 2.84. The summed E-state index contributed by atoms with van der Waals surface area (Å²) < 4.78 is 46.6. The fourth-order valence-corrected chi connectivity index (χ4v) is 7.72. The molecule has 13 nitrogen and oxygen atoms in total. The molecule has 45 heavy (non-hydrogen) atoms. The second kappa shape index (κ2) is 10.6. The predicted molar refractivity (Wildman–Crippen MR) is 149 cm³/mol. The molecule has 0 unspecified atom stereocenters. The zero-order valence-corrected chi connectivity index (χ0v) is 25.3. The molecule has 1 spiro atoms. The second-order valence-corrected chi connectivity index (χ2v) is 12.7. The first-order chi connectivity index (χ1) is 21.2. The smallest absolute Gasteiger partial charge is 0.374 e. The fourth-order valence-electron chi connectivity index (χ4n) is 7.72. The molecule has 0 radical (unpaired) electrons. The lowest BCUT2D eigenvalue weighted by Gasteiger charge is -2.65. The van der Waals surface area contributed by atoms with E-state index < -0.39 is 76.4 Å². The minimum Gasteiger partial charge on any atom is -0.458 e. The van der Waals surface area contributed by atoms with Gasteiger partial charge in [0.15, 0.2) is 6.10 Å². The zero-order chi connectivity index (χ0) is 32.4. The van der Waals surface area contributed by atoms with Crippen LogP contribution in [0.25, 0.3) is 0 Å². The largest absolute Gasteiger partial charge is 0.458 e. The lowest BCUT2D eigenvalue weighted by molar-refractivity contribution is -0.342. The van der Waals surface area contributed by atoms with E-state index in [-0.39, 0.29) is 30.1 Å².